The van der Waals surface area contributed by atoms with Gasteiger partial charge < -0.3 is 5.11 Å². The van der Waals surface area contributed by atoms with E-state index < -0.39 is 6.10 Å². The Labute approximate surface area is 110 Å². The molecular weight excluding hydrogens is 250 g/mol. The van der Waals surface area contributed by atoms with Gasteiger partial charge in [-0.25, -0.2) is 4.98 Å². The van der Waals surface area contributed by atoms with E-state index in [0.29, 0.717) is 0 Å². The molecule has 4 heteroatoms. The summed E-state index contributed by atoms with van der Waals surface area (Å²) < 4.78 is 0. The lowest BCUT2D eigenvalue weighted by Gasteiger charge is -2.02. The Hall–Kier alpha value is -0.840. The molecule has 1 aromatic heterocycles. The van der Waals surface area contributed by atoms with Crippen LogP contribution in [0.4, 0.5) is 0 Å². The van der Waals surface area contributed by atoms with Crippen LogP contribution >= 0.6 is 23.1 Å². The van der Waals surface area contributed by atoms with Gasteiger partial charge in [-0.2, -0.15) is 0 Å². The fraction of sp³-hybridized carbons (Fsp3) is 0.308. The number of benzene rings is 1. The average Bonchev–Trinajstić information content (AvgIpc) is 2.77. The van der Waals surface area contributed by atoms with Crippen LogP contribution in [0.2, 0.25) is 0 Å². The van der Waals surface area contributed by atoms with Crippen LogP contribution in [-0.2, 0) is 5.75 Å². The minimum atomic E-state index is -0.412. The van der Waals surface area contributed by atoms with Crippen LogP contribution < -0.4 is 0 Å². The van der Waals surface area contributed by atoms with Gasteiger partial charge in [-0.15, -0.1) is 23.1 Å². The molecule has 17 heavy (non-hydrogen) atoms. The van der Waals surface area contributed by atoms with Crippen molar-refractivity contribution in [1.82, 2.24) is 4.98 Å². The molecule has 0 radical (unpaired) electrons. The quantitative estimate of drug-likeness (QED) is 0.854. The van der Waals surface area contributed by atoms with Gasteiger partial charge in [-0.3, -0.25) is 0 Å². The molecule has 0 aliphatic rings. The summed E-state index contributed by atoms with van der Waals surface area (Å²) >= 11 is 3.38. The van der Waals surface area contributed by atoms with E-state index in [4.69, 9.17) is 0 Å². The van der Waals surface area contributed by atoms with Crippen LogP contribution in [0, 0.1) is 6.92 Å². The number of aliphatic hydroxyl groups excluding tert-OH is 1. The number of aliphatic hydroxyl groups is 1. The molecule has 2 rings (SSSR count). The summed E-state index contributed by atoms with van der Waals surface area (Å²) in [6, 6.07) is 8.35. The molecule has 0 aliphatic heterocycles. The molecule has 1 atom stereocenters. The summed E-state index contributed by atoms with van der Waals surface area (Å²) in [4.78, 5) is 6.55. The molecule has 0 amide bonds. The number of thiazole rings is 1. The highest BCUT2D eigenvalue weighted by molar-refractivity contribution is 7.98. The van der Waals surface area contributed by atoms with Crippen molar-refractivity contribution in [2.45, 2.75) is 30.6 Å². The molecule has 0 saturated carbocycles. The average molecular weight is 265 g/mol. The molecule has 2 nitrogen and oxygen atoms in total. The van der Waals surface area contributed by atoms with Crippen molar-refractivity contribution in [2.75, 3.05) is 0 Å². The Morgan fingerprint density at radius 3 is 2.82 bits per heavy atom. The third-order valence-electron chi connectivity index (χ3n) is 2.43. The van der Waals surface area contributed by atoms with E-state index in [2.05, 4.69) is 30.1 Å². The van der Waals surface area contributed by atoms with Gasteiger partial charge in [0.05, 0.1) is 16.7 Å². The second kappa shape index (κ2) is 5.67. The minimum Gasteiger partial charge on any atom is -0.388 e. The summed E-state index contributed by atoms with van der Waals surface area (Å²) in [5, 5.41) is 10.5. The van der Waals surface area contributed by atoms with Crippen molar-refractivity contribution >= 4 is 23.1 Å². The lowest BCUT2D eigenvalue weighted by molar-refractivity contribution is 0.203. The SMILES string of the molecule is Cc1ccccc1SCc1ncc(C(C)O)s1. The molecule has 0 spiro atoms. The number of hydrogen-bond donors (Lipinski definition) is 1. The Morgan fingerprint density at radius 2 is 2.18 bits per heavy atom. The maximum Gasteiger partial charge on any atom is 0.103 e. The summed E-state index contributed by atoms with van der Waals surface area (Å²) in [5.41, 5.74) is 1.30. The molecule has 0 aliphatic carbocycles. The maximum atomic E-state index is 9.43. The van der Waals surface area contributed by atoms with E-state index in [1.807, 2.05) is 6.07 Å². The van der Waals surface area contributed by atoms with E-state index in [0.717, 1.165) is 15.6 Å². The molecule has 1 heterocycles. The van der Waals surface area contributed by atoms with Crippen molar-refractivity contribution in [3.63, 3.8) is 0 Å². The first-order valence-electron chi connectivity index (χ1n) is 5.48. The maximum absolute atomic E-state index is 9.43. The number of nitrogens with zero attached hydrogens (tertiary/aromatic N) is 1. The summed E-state index contributed by atoms with van der Waals surface area (Å²) in [6.45, 7) is 3.89. The number of rotatable bonds is 4. The fourth-order valence-electron chi connectivity index (χ4n) is 1.44. The smallest absolute Gasteiger partial charge is 0.103 e. The second-order valence-corrected chi connectivity index (χ2v) is 6.05. The highest BCUT2D eigenvalue weighted by Gasteiger charge is 2.07. The van der Waals surface area contributed by atoms with E-state index in [1.54, 1.807) is 36.2 Å². The van der Waals surface area contributed by atoms with Crippen molar-refractivity contribution in [2.24, 2.45) is 0 Å². The Kier molecular flexibility index (Phi) is 4.20. The molecule has 0 saturated heterocycles. The zero-order valence-corrected chi connectivity index (χ0v) is 11.5. The Morgan fingerprint density at radius 1 is 1.41 bits per heavy atom. The number of aromatic nitrogens is 1. The summed E-state index contributed by atoms with van der Waals surface area (Å²) in [5.74, 6) is 0.863. The standard InChI is InChI=1S/C13H15NOS2/c1-9-5-3-4-6-11(9)16-8-13-14-7-12(17-13)10(2)15/h3-7,10,15H,8H2,1-2H3. The molecule has 0 fully saturated rings. The molecule has 2 aromatic rings. The van der Waals surface area contributed by atoms with Crippen LogP contribution in [0.25, 0.3) is 0 Å². The minimum absolute atomic E-state index is 0.412. The lowest BCUT2D eigenvalue weighted by Crippen LogP contribution is -1.83. The number of hydrogen-bond acceptors (Lipinski definition) is 4. The van der Waals surface area contributed by atoms with Gasteiger partial charge in [0.2, 0.25) is 0 Å². The first kappa shape index (κ1) is 12.6. The third kappa shape index (κ3) is 3.31. The van der Waals surface area contributed by atoms with Gasteiger partial charge >= 0.3 is 0 Å². The summed E-state index contributed by atoms with van der Waals surface area (Å²) in [6.07, 6.45) is 1.35. The van der Waals surface area contributed by atoms with Gasteiger partial charge in [0.15, 0.2) is 0 Å². The predicted octanol–water partition coefficient (Wildman–Crippen LogP) is 3.80. The first-order chi connectivity index (χ1) is 8.16. The predicted molar refractivity (Wildman–Crippen MR) is 73.5 cm³/mol. The van der Waals surface area contributed by atoms with E-state index in [1.165, 1.54) is 10.5 Å². The molecule has 0 bridgehead atoms. The topological polar surface area (TPSA) is 33.1 Å². The van der Waals surface area contributed by atoms with Crippen molar-refractivity contribution < 1.29 is 5.11 Å². The lowest BCUT2D eigenvalue weighted by atomic mass is 10.2. The highest BCUT2D eigenvalue weighted by Crippen LogP contribution is 2.28. The number of thioether (sulfide) groups is 1. The van der Waals surface area contributed by atoms with Crippen LogP contribution in [-0.4, -0.2) is 10.1 Å². The van der Waals surface area contributed by atoms with Gasteiger partial charge in [-0.1, -0.05) is 18.2 Å². The van der Waals surface area contributed by atoms with Crippen molar-refractivity contribution in [3.8, 4) is 0 Å². The molecule has 1 N–H and O–H groups in total. The molecule has 1 unspecified atom stereocenters. The van der Waals surface area contributed by atoms with Gasteiger partial charge in [0.25, 0.3) is 0 Å². The van der Waals surface area contributed by atoms with E-state index in [9.17, 15) is 5.11 Å². The zero-order chi connectivity index (χ0) is 12.3. The van der Waals surface area contributed by atoms with E-state index >= 15 is 0 Å². The van der Waals surface area contributed by atoms with Crippen LogP contribution in [0.3, 0.4) is 0 Å². The molecule has 1 aromatic carbocycles. The second-order valence-electron chi connectivity index (χ2n) is 3.89. The Balaban J connectivity index is 2.00. The monoisotopic (exact) mass is 265 g/mol. The van der Waals surface area contributed by atoms with Gasteiger partial charge in [-0.05, 0) is 25.5 Å². The van der Waals surface area contributed by atoms with E-state index in [-0.39, 0.29) is 0 Å². The number of aryl methyl sites for hydroxylation is 1. The molecular formula is C13H15NOS2. The van der Waals surface area contributed by atoms with Crippen LogP contribution in [0.1, 0.15) is 28.5 Å². The zero-order valence-electron chi connectivity index (χ0n) is 9.88. The van der Waals surface area contributed by atoms with Crippen molar-refractivity contribution in [1.29, 1.82) is 0 Å². The summed E-state index contributed by atoms with van der Waals surface area (Å²) in [7, 11) is 0. The van der Waals surface area contributed by atoms with Crippen molar-refractivity contribution in [3.05, 3.63) is 45.9 Å². The Bertz CT molecular complexity index is 494. The van der Waals surface area contributed by atoms with Gasteiger partial charge in [0, 0.05) is 11.1 Å². The normalized spacial score (nSPS) is 12.6. The highest BCUT2D eigenvalue weighted by atomic mass is 32.2. The first-order valence-corrected chi connectivity index (χ1v) is 7.28. The third-order valence-corrected chi connectivity index (χ3v) is 4.97. The largest absolute Gasteiger partial charge is 0.388 e. The fourth-order valence-corrected chi connectivity index (χ4v) is 3.33. The molecule has 90 valence electrons. The van der Waals surface area contributed by atoms with Crippen LogP contribution in [0.15, 0.2) is 35.4 Å². The van der Waals surface area contributed by atoms with Crippen LogP contribution in [0.5, 0.6) is 0 Å². The van der Waals surface area contributed by atoms with Gasteiger partial charge in [0.1, 0.15) is 5.01 Å².